The van der Waals surface area contributed by atoms with Crippen LogP contribution < -0.4 is 0 Å². The van der Waals surface area contributed by atoms with Crippen LogP contribution in [0.3, 0.4) is 0 Å². The molecule has 0 spiro atoms. The van der Waals surface area contributed by atoms with Crippen LogP contribution in [-0.4, -0.2) is 11.1 Å². The largest absolute Gasteiger partial charge is 0.296 e. The number of alkyl halides is 1. The Balaban J connectivity index is 3.45. The summed E-state index contributed by atoms with van der Waals surface area (Å²) in [7, 11) is 0. The lowest BCUT2D eigenvalue weighted by molar-refractivity contribution is -0.107. The Hall–Kier alpha value is -0.190. The lowest BCUT2D eigenvalue weighted by atomic mass is 10.6. The van der Waals surface area contributed by atoms with Crippen LogP contribution in [0.1, 0.15) is 0 Å². The van der Waals surface area contributed by atoms with Gasteiger partial charge >= 0.3 is 0 Å². The summed E-state index contributed by atoms with van der Waals surface area (Å²) in [5, 5.41) is -0.666. The smallest absolute Gasteiger partial charge is 0.266 e. The van der Waals surface area contributed by atoms with E-state index in [0.717, 1.165) is 0 Å². The van der Waals surface area contributed by atoms with Gasteiger partial charge in [0.2, 0.25) is 0 Å². The van der Waals surface area contributed by atoms with Gasteiger partial charge in [-0.2, -0.15) is 0 Å². The highest BCUT2D eigenvalue weighted by molar-refractivity contribution is 6.68. The number of hydrogen-bond donors (Lipinski definition) is 0. The number of carbonyl (C=O) groups excluding carboxylic acids is 1. The van der Waals surface area contributed by atoms with Gasteiger partial charge in [-0.3, -0.25) is 4.79 Å². The first-order chi connectivity index (χ1) is 3.27. The maximum Gasteiger partial charge on any atom is 0.296 e. The number of carbonyl (C=O) groups is 1. The van der Waals surface area contributed by atoms with E-state index in [1.807, 2.05) is 5.92 Å². The van der Waals surface area contributed by atoms with Gasteiger partial charge in [-0.1, -0.05) is 5.92 Å². The third-order valence-electron chi connectivity index (χ3n) is 0.253. The van der Waals surface area contributed by atoms with Crippen molar-refractivity contribution in [1.82, 2.24) is 0 Å². The molecule has 0 aromatic carbocycles. The zero-order valence-corrected chi connectivity index (χ0v) is 4.88. The van der Waals surface area contributed by atoms with E-state index in [4.69, 9.17) is 23.2 Å². The molecule has 7 heavy (non-hydrogen) atoms. The normalized spacial score (nSPS) is 6.57. The van der Waals surface area contributed by atoms with Gasteiger partial charge in [-0.25, -0.2) is 0 Å². The van der Waals surface area contributed by atoms with Gasteiger partial charge in [-0.05, 0) is 17.5 Å². The summed E-state index contributed by atoms with van der Waals surface area (Å²) in [6.45, 7) is 0. The average Bonchev–Trinajstić information content (AvgIpc) is 1.61. The number of rotatable bonds is 0. The maximum absolute atomic E-state index is 9.74. The van der Waals surface area contributed by atoms with Crippen LogP contribution in [0.5, 0.6) is 0 Å². The molecule has 0 radical (unpaired) electrons. The lowest BCUT2D eigenvalue weighted by Gasteiger charge is -1.63. The molecule has 0 N–H and O–H groups in total. The number of hydrogen-bond acceptors (Lipinski definition) is 1. The summed E-state index contributed by atoms with van der Waals surface area (Å²) in [4.78, 5) is 9.74. The molecule has 0 bridgehead atoms. The third kappa shape index (κ3) is 5.81. The van der Waals surface area contributed by atoms with Crippen molar-refractivity contribution in [2.45, 2.75) is 0 Å². The van der Waals surface area contributed by atoms with E-state index in [0.29, 0.717) is 0 Å². The second-order valence-corrected chi connectivity index (χ2v) is 1.32. The Kier molecular flexibility index (Phi) is 3.87. The van der Waals surface area contributed by atoms with Crippen LogP contribution in [0.25, 0.3) is 0 Å². The van der Waals surface area contributed by atoms with E-state index < -0.39 is 5.24 Å². The molecule has 0 saturated heterocycles. The second kappa shape index (κ2) is 3.98. The number of halogens is 2. The molecule has 0 saturated carbocycles. The Morgan fingerprint density at radius 1 is 1.71 bits per heavy atom. The van der Waals surface area contributed by atoms with Crippen LogP contribution in [0.15, 0.2) is 0 Å². The molecule has 0 unspecified atom stereocenters. The predicted octanol–water partition coefficient (Wildman–Crippen LogP) is 0.994. The minimum atomic E-state index is -0.666. The quantitative estimate of drug-likeness (QED) is 0.276. The predicted molar refractivity (Wildman–Crippen MR) is 29.4 cm³/mol. The first kappa shape index (κ1) is 6.81. The molecule has 0 aliphatic rings. The van der Waals surface area contributed by atoms with Crippen LogP contribution in [0, 0.1) is 11.8 Å². The van der Waals surface area contributed by atoms with Crippen molar-refractivity contribution in [2.24, 2.45) is 0 Å². The van der Waals surface area contributed by atoms with Gasteiger partial charge < -0.3 is 0 Å². The van der Waals surface area contributed by atoms with Crippen molar-refractivity contribution in [3.05, 3.63) is 0 Å². The van der Waals surface area contributed by atoms with Crippen molar-refractivity contribution < 1.29 is 4.79 Å². The van der Waals surface area contributed by atoms with E-state index in [-0.39, 0.29) is 5.88 Å². The molecular weight excluding hydrogens is 135 g/mol. The minimum absolute atomic E-state index is 0.151. The Labute approximate surface area is 51.6 Å². The summed E-state index contributed by atoms with van der Waals surface area (Å²) < 4.78 is 0. The fourth-order valence-corrected chi connectivity index (χ4v) is 0.237. The highest BCUT2D eigenvalue weighted by atomic mass is 35.5. The Morgan fingerprint density at radius 2 is 2.29 bits per heavy atom. The molecule has 0 amide bonds. The summed E-state index contributed by atoms with van der Waals surface area (Å²) >= 11 is 9.85. The van der Waals surface area contributed by atoms with Gasteiger partial charge in [0.1, 0.15) is 0 Å². The highest BCUT2D eigenvalue weighted by Crippen LogP contribution is 1.74. The average molecular weight is 137 g/mol. The molecule has 38 valence electrons. The van der Waals surface area contributed by atoms with Gasteiger partial charge in [-0.15, -0.1) is 11.6 Å². The summed E-state index contributed by atoms with van der Waals surface area (Å²) in [5.41, 5.74) is 0. The van der Waals surface area contributed by atoms with Crippen molar-refractivity contribution in [2.75, 3.05) is 5.88 Å². The van der Waals surface area contributed by atoms with Crippen molar-refractivity contribution in [3.8, 4) is 11.8 Å². The van der Waals surface area contributed by atoms with Crippen molar-refractivity contribution in [1.29, 1.82) is 0 Å². The molecule has 0 heterocycles. The molecular formula is C4H2Cl2O. The van der Waals surface area contributed by atoms with Gasteiger partial charge in [0.05, 0.1) is 5.88 Å². The molecule has 0 aliphatic carbocycles. The van der Waals surface area contributed by atoms with E-state index >= 15 is 0 Å². The molecule has 1 nitrogen and oxygen atoms in total. The highest BCUT2D eigenvalue weighted by Gasteiger charge is 1.78. The maximum atomic E-state index is 9.74. The summed E-state index contributed by atoms with van der Waals surface area (Å²) in [5.74, 6) is 4.47. The first-order valence-corrected chi connectivity index (χ1v) is 2.43. The van der Waals surface area contributed by atoms with E-state index in [1.54, 1.807) is 0 Å². The van der Waals surface area contributed by atoms with Gasteiger partial charge in [0, 0.05) is 0 Å². The van der Waals surface area contributed by atoms with Crippen LogP contribution in [-0.2, 0) is 4.79 Å². The van der Waals surface area contributed by atoms with E-state index in [1.165, 1.54) is 0 Å². The fraction of sp³-hybridized carbons (Fsp3) is 0.250. The SMILES string of the molecule is O=C(Cl)C#CCCl. The molecule has 3 heteroatoms. The van der Waals surface area contributed by atoms with Crippen LogP contribution >= 0.6 is 23.2 Å². The monoisotopic (exact) mass is 136 g/mol. The van der Waals surface area contributed by atoms with E-state index in [9.17, 15) is 4.79 Å². The van der Waals surface area contributed by atoms with Gasteiger partial charge in [0.25, 0.3) is 5.24 Å². The van der Waals surface area contributed by atoms with Gasteiger partial charge in [0.15, 0.2) is 0 Å². The lowest BCUT2D eigenvalue weighted by Crippen LogP contribution is -1.74. The first-order valence-electron chi connectivity index (χ1n) is 1.51. The standard InChI is InChI=1S/C4H2Cl2O/c5-3-1-2-4(6)7/h3H2. The topological polar surface area (TPSA) is 17.1 Å². The Bertz CT molecular complexity index is 119. The van der Waals surface area contributed by atoms with E-state index in [2.05, 4.69) is 5.92 Å². The second-order valence-electron chi connectivity index (χ2n) is 0.709. The zero-order chi connectivity index (χ0) is 5.70. The van der Waals surface area contributed by atoms with Crippen LogP contribution in [0.4, 0.5) is 0 Å². The summed E-state index contributed by atoms with van der Waals surface area (Å²) in [6, 6.07) is 0. The third-order valence-corrected chi connectivity index (χ3v) is 0.482. The molecule has 0 aromatic heterocycles. The molecule has 0 aliphatic heterocycles. The molecule has 0 atom stereocenters. The zero-order valence-electron chi connectivity index (χ0n) is 3.37. The molecule has 0 aromatic rings. The van der Waals surface area contributed by atoms with Crippen LogP contribution in [0.2, 0.25) is 0 Å². The molecule has 0 fully saturated rings. The van der Waals surface area contributed by atoms with Crippen molar-refractivity contribution in [3.63, 3.8) is 0 Å². The Morgan fingerprint density at radius 3 is 2.43 bits per heavy atom. The minimum Gasteiger partial charge on any atom is -0.266 e. The molecule has 0 rings (SSSR count). The fourth-order valence-electron chi connectivity index (χ4n) is 0.103. The summed E-state index contributed by atoms with van der Waals surface area (Å²) in [6.07, 6.45) is 0. The van der Waals surface area contributed by atoms with Crippen molar-refractivity contribution >= 4 is 28.4 Å².